The predicted molar refractivity (Wildman–Crippen MR) is 65.2 cm³/mol. The highest BCUT2D eigenvalue weighted by molar-refractivity contribution is 6.03. The first kappa shape index (κ1) is 12.7. The van der Waals surface area contributed by atoms with Crippen LogP contribution in [0.5, 0.6) is 0 Å². The third-order valence-corrected chi connectivity index (χ3v) is 2.07. The number of carbonyl (C=O) groups is 1. The molecule has 2 N–H and O–H groups in total. The molecule has 1 amide bonds. The first-order chi connectivity index (χ1) is 9.20. The molecule has 0 atom stereocenters. The van der Waals surface area contributed by atoms with Crippen LogP contribution in [0.4, 0.5) is 6.01 Å². The summed E-state index contributed by atoms with van der Waals surface area (Å²) >= 11 is 0. The number of hydrogen-bond acceptors (Lipinski definition) is 6. The summed E-state index contributed by atoms with van der Waals surface area (Å²) in [6.07, 6.45) is 1.47. The number of nitrogens with zero attached hydrogens (tertiary/aromatic N) is 3. The van der Waals surface area contributed by atoms with Crippen LogP contribution in [0.1, 0.15) is 21.9 Å². The van der Waals surface area contributed by atoms with Crippen molar-refractivity contribution in [2.24, 2.45) is 0 Å². The summed E-state index contributed by atoms with van der Waals surface area (Å²) in [7, 11) is 0. The summed E-state index contributed by atoms with van der Waals surface area (Å²) in [5.41, 5.74) is 0.532. The van der Waals surface area contributed by atoms with E-state index in [1.807, 2.05) is 0 Å². The SMILES string of the molecule is Cc1nnc(NC(=O)c2ncccc2C#CCO)o1. The lowest BCUT2D eigenvalue weighted by molar-refractivity contribution is 0.101. The van der Waals surface area contributed by atoms with Crippen molar-refractivity contribution < 1.29 is 14.3 Å². The lowest BCUT2D eigenvalue weighted by atomic mass is 10.2. The van der Waals surface area contributed by atoms with Crippen LogP contribution < -0.4 is 5.32 Å². The predicted octanol–water partition coefficient (Wildman–Crippen LogP) is 0.369. The van der Waals surface area contributed by atoms with Crippen LogP contribution >= 0.6 is 0 Å². The molecule has 0 bridgehead atoms. The molecular formula is C12H10N4O3. The zero-order chi connectivity index (χ0) is 13.7. The Labute approximate surface area is 108 Å². The largest absolute Gasteiger partial charge is 0.408 e. The first-order valence-corrected chi connectivity index (χ1v) is 5.37. The van der Waals surface area contributed by atoms with Crippen LogP contribution in [0, 0.1) is 18.8 Å². The Balaban J connectivity index is 2.23. The summed E-state index contributed by atoms with van der Waals surface area (Å²) in [6, 6.07) is 3.27. The summed E-state index contributed by atoms with van der Waals surface area (Å²) in [5.74, 6) is 4.94. The number of hydrogen-bond donors (Lipinski definition) is 2. The van der Waals surface area contributed by atoms with Crippen molar-refractivity contribution >= 4 is 11.9 Å². The number of anilines is 1. The van der Waals surface area contributed by atoms with Crippen LogP contribution in [0.15, 0.2) is 22.7 Å². The summed E-state index contributed by atoms with van der Waals surface area (Å²) in [5, 5.41) is 18.3. The van der Waals surface area contributed by atoms with E-state index in [1.165, 1.54) is 6.20 Å². The van der Waals surface area contributed by atoms with Crippen molar-refractivity contribution in [2.45, 2.75) is 6.92 Å². The maximum Gasteiger partial charge on any atom is 0.322 e. The quantitative estimate of drug-likeness (QED) is 0.755. The van der Waals surface area contributed by atoms with Crippen molar-refractivity contribution in [2.75, 3.05) is 11.9 Å². The van der Waals surface area contributed by atoms with E-state index in [0.29, 0.717) is 11.5 Å². The minimum atomic E-state index is -0.508. The van der Waals surface area contributed by atoms with Gasteiger partial charge in [0.05, 0.1) is 5.56 Å². The fourth-order valence-corrected chi connectivity index (χ4v) is 1.33. The van der Waals surface area contributed by atoms with E-state index >= 15 is 0 Å². The minimum absolute atomic E-state index is 0.00535. The van der Waals surface area contributed by atoms with E-state index in [2.05, 4.69) is 32.3 Å². The molecule has 7 nitrogen and oxygen atoms in total. The molecule has 0 aromatic carbocycles. The molecule has 19 heavy (non-hydrogen) atoms. The van der Waals surface area contributed by atoms with Gasteiger partial charge in [-0.1, -0.05) is 16.9 Å². The molecule has 0 fully saturated rings. The summed E-state index contributed by atoms with van der Waals surface area (Å²) < 4.78 is 5.04. The molecule has 0 aliphatic rings. The third kappa shape index (κ3) is 3.14. The number of aliphatic hydroxyl groups is 1. The summed E-state index contributed by atoms with van der Waals surface area (Å²) in [4.78, 5) is 15.9. The van der Waals surface area contributed by atoms with Gasteiger partial charge in [-0.3, -0.25) is 10.1 Å². The van der Waals surface area contributed by atoms with Crippen LogP contribution in [-0.4, -0.2) is 32.8 Å². The van der Waals surface area contributed by atoms with Gasteiger partial charge in [-0.25, -0.2) is 4.98 Å². The molecule has 2 aromatic rings. The molecule has 0 saturated heterocycles. The van der Waals surface area contributed by atoms with Crippen LogP contribution in [0.2, 0.25) is 0 Å². The van der Waals surface area contributed by atoms with Crippen molar-refractivity contribution in [3.05, 3.63) is 35.5 Å². The lowest BCUT2D eigenvalue weighted by Crippen LogP contribution is -2.15. The van der Waals surface area contributed by atoms with E-state index in [0.717, 1.165) is 0 Å². The van der Waals surface area contributed by atoms with Gasteiger partial charge in [0, 0.05) is 13.1 Å². The van der Waals surface area contributed by atoms with E-state index < -0.39 is 5.91 Å². The monoisotopic (exact) mass is 258 g/mol. The molecule has 7 heteroatoms. The van der Waals surface area contributed by atoms with Gasteiger partial charge in [0.1, 0.15) is 12.3 Å². The molecule has 2 aromatic heterocycles. The molecule has 0 saturated carbocycles. The Morgan fingerprint density at radius 2 is 2.37 bits per heavy atom. The Bertz CT molecular complexity index is 654. The molecular weight excluding hydrogens is 248 g/mol. The number of aliphatic hydroxyl groups excluding tert-OH is 1. The number of aromatic nitrogens is 3. The van der Waals surface area contributed by atoms with Crippen molar-refractivity contribution in [3.63, 3.8) is 0 Å². The Morgan fingerprint density at radius 3 is 3.05 bits per heavy atom. The number of rotatable bonds is 2. The van der Waals surface area contributed by atoms with Gasteiger partial charge in [-0.15, -0.1) is 5.10 Å². The fourth-order valence-electron chi connectivity index (χ4n) is 1.33. The molecule has 0 aliphatic carbocycles. The number of carbonyl (C=O) groups excluding carboxylic acids is 1. The van der Waals surface area contributed by atoms with Gasteiger partial charge in [0.15, 0.2) is 0 Å². The fraction of sp³-hybridized carbons (Fsp3) is 0.167. The highest BCUT2D eigenvalue weighted by atomic mass is 16.4. The average Bonchev–Trinajstić information content (AvgIpc) is 2.82. The molecule has 0 spiro atoms. The van der Waals surface area contributed by atoms with Gasteiger partial charge >= 0.3 is 6.01 Å². The normalized spacial score (nSPS) is 9.58. The van der Waals surface area contributed by atoms with Gasteiger partial charge < -0.3 is 9.52 Å². The average molecular weight is 258 g/mol. The maximum absolute atomic E-state index is 12.0. The van der Waals surface area contributed by atoms with E-state index in [9.17, 15) is 4.79 Å². The Kier molecular flexibility index (Phi) is 3.85. The summed E-state index contributed by atoms with van der Waals surface area (Å²) in [6.45, 7) is 1.32. The standard InChI is InChI=1S/C12H10N4O3/c1-8-15-16-12(19-8)14-11(18)10-9(5-3-7-17)4-2-6-13-10/h2,4,6,17H,7H2,1H3,(H,14,16,18). The third-order valence-electron chi connectivity index (χ3n) is 2.07. The second-order valence-corrected chi connectivity index (χ2v) is 3.44. The van der Waals surface area contributed by atoms with Crippen molar-refractivity contribution in [1.82, 2.24) is 15.2 Å². The molecule has 96 valence electrons. The van der Waals surface area contributed by atoms with E-state index in [1.54, 1.807) is 19.1 Å². The highest BCUT2D eigenvalue weighted by Crippen LogP contribution is 2.09. The molecule has 2 rings (SSSR count). The van der Waals surface area contributed by atoms with Gasteiger partial charge in [-0.2, -0.15) is 0 Å². The molecule has 0 unspecified atom stereocenters. The van der Waals surface area contributed by atoms with Gasteiger partial charge in [-0.05, 0) is 12.1 Å². The molecule has 0 radical (unpaired) electrons. The zero-order valence-corrected chi connectivity index (χ0v) is 10.0. The van der Waals surface area contributed by atoms with Crippen LogP contribution in [0.25, 0.3) is 0 Å². The smallest absolute Gasteiger partial charge is 0.322 e. The highest BCUT2D eigenvalue weighted by Gasteiger charge is 2.14. The molecule has 2 heterocycles. The second-order valence-electron chi connectivity index (χ2n) is 3.44. The number of aryl methyl sites for hydroxylation is 1. The van der Waals surface area contributed by atoms with Crippen LogP contribution in [-0.2, 0) is 0 Å². The zero-order valence-electron chi connectivity index (χ0n) is 10.0. The lowest BCUT2D eigenvalue weighted by Gasteiger charge is -2.01. The minimum Gasteiger partial charge on any atom is -0.408 e. The van der Waals surface area contributed by atoms with E-state index in [-0.39, 0.29) is 18.3 Å². The van der Waals surface area contributed by atoms with Crippen LogP contribution in [0.3, 0.4) is 0 Å². The number of nitrogens with one attached hydrogen (secondary N) is 1. The topological polar surface area (TPSA) is 101 Å². The Morgan fingerprint density at radius 1 is 1.53 bits per heavy atom. The second kappa shape index (κ2) is 5.75. The van der Waals surface area contributed by atoms with Crippen molar-refractivity contribution in [1.29, 1.82) is 0 Å². The van der Waals surface area contributed by atoms with Gasteiger partial charge in [0.2, 0.25) is 5.89 Å². The molecule has 0 aliphatic heterocycles. The van der Waals surface area contributed by atoms with E-state index in [4.69, 9.17) is 9.52 Å². The maximum atomic E-state index is 12.0. The Hall–Kier alpha value is -2.72. The van der Waals surface area contributed by atoms with Crippen molar-refractivity contribution in [3.8, 4) is 11.8 Å². The number of amides is 1. The van der Waals surface area contributed by atoms with Gasteiger partial charge in [0.25, 0.3) is 5.91 Å². The first-order valence-electron chi connectivity index (χ1n) is 5.37. The number of pyridine rings is 1.